The number of hydrogen-bond donors (Lipinski definition) is 0. The molecule has 0 N–H and O–H groups in total. The van der Waals surface area contributed by atoms with E-state index < -0.39 is 7.59 Å². The van der Waals surface area contributed by atoms with Crippen molar-refractivity contribution in [1.29, 1.82) is 0 Å². The molecular weight excluding hydrogens is 184 g/mol. The van der Waals surface area contributed by atoms with Gasteiger partial charge in [0, 0.05) is 0 Å². The highest BCUT2D eigenvalue weighted by atomic mass is 29.2. The predicted molar refractivity (Wildman–Crippen MR) is 55.0 cm³/mol. The Hall–Kier alpha value is 0.0638. The Labute approximate surface area is 78.4 Å². The minimum atomic E-state index is -1.30. The van der Waals surface area contributed by atoms with Crippen molar-refractivity contribution in [2.45, 2.75) is 38.9 Å². The maximum atomic E-state index is 10.0. The van der Waals surface area contributed by atoms with E-state index in [1.54, 1.807) is 0 Å². The molecule has 0 saturated carbocycles. The lowest BCUT2D eigenvalue weighted by Crippen LogP contribution is -2.45. The minimum Gasteiger partial charge on any atom is -0.414 e. The number of rotatable bonds is 4. The van der Waals surface area contributed by atoms with Crippen LogP contribution < -0.4 is 0 Å². The van der Waals surface area contributed by atoms with Gasteiger partial charge >= 0.3 is 0 Å². The molecule has 0 bridgehead atoms. The summed E-state index contributed by atoms with van der Waals surface area (Å²) >= 11 is 0. The van der Waals surface area contributed by atoms with E-state index in [4.69, 9.17) is 4.43 Å². The normalized spacial score (nSPS) is 13.1. The Morgan fingerprint density at radius 1 is 1.42 bits per heavy atom. The molecule has 70 valence electrons. The third-order valence-corrected chi connectivity index (χ3v) is 11.1. The quantitative estimate of drug-likeness (QED) is 0.395. The molecule has 0 saturated heterocycles. The van der Waals surface area contributed by atoms with E-state index in [1.807, 2.05) is 0 Å². The molecule has 12 heavy (non-hydrogen) atoms. The van der Waals surface area contributed by atoms with Gasteiger partial charge in [-0.05, 0) is 5.04 Å². The second kappa shape index (κ2) is 4.34. The molecule has 0 heterocycles. The SMILES string of the molecule is CC(C)(C)[Si](C)(C)[Si]OCC=O. The second-order valence-electron chi connectivity index (χ2n) is 4.45. The molecule has 0 aromatic carbocycles. The van der Waals surface area contributed by atoms with Crippen LogP contribution >= 0.6 is 0 Å². The van der Waals surface area contributed by atoms with Gasteiger partial charge in [-0.25, -0.2) is 0 Å². The van der Waals surface area contributed by atoms with Crippen LogP contribution in [-0.4, -0.2) is 29.8 Å². The van der Waals surface area contributed by atoms with Gasteiger partial charge in [0.05, 0.1) is 14.2 Å². The third kappa shape index (κ3) is 3.64. The summed E-state index contributed by atoms with van der Waals surface area (Å²) < 4.78 is 5.30. The first kappa shape index (κ1) is 12.1. The highest BCUT2D eigenvalue weighted by Crippen LogP contribution is 2.34. The Morgan fingerprint density at radius 2 is 1.92 bits per heavy atom. The first-order valence-corrected chi connectivity index (χ1v) is 9.04. The van der Waals surface area contributed by atoms with Gasteiger partial charge in [0.15, 0.2) is 0 Å². The molecule has 0 aliphatic carbocycles. The summed E-state index contributed by atoms with van der Waals surface area (Å²) in [6.45, 7) is 11.6. The smallest absolute Gasteiger partial charge is 0.213 e. The molecule has 2 radical (unpaired) electrons. The second-order valence-corrected chi connectivity index (χ2v) is 14.1. The molecule has 0 fully saturated rings. The van der Waals surface area contributed by atoms with Gasteiger partial charge in [0.25, 0.3) is 0 Å². The third-order valence-electron chi connectivity index (χ3n) is 2.35. The fourth-order valence-corrected chi connectivity index (χ4v) is 3.48. The van der Waals surface area contributed by atoms with Crippen molar-refractivity contribution >= 4 is 23.2 Å². The van der Waals surface area contributed by atoms with Crippen molar-refractivity contribution in [3.8, 4) is 0 Å². The molecular formula is C8H18O2Si2. The van der Waals surface area contributed by atoms with Crippen molar-refractivity contribution in [3.63, 3.8) is 0 Å². The summed E-state index contributed by atoms with van der Waals surface area (Å²) in [6.07, 6.45) is 0.820. The molecule has 0 aliphatic heterocycles. The zero-order valence-corrected chi connectivity index (χ0v) is 10.6. The van der Waals surface area contributed by atoms with Crippen LogP contribution in [0.25, 0.3) is 0 Å². The van der Waals surface area contributed by atoms with Crippen LogP contribution in [0.1, 0.15) is 20.8 Å². The van der Waals surface area contributed by atoms with E-state index in [9.17, 15) is 4.79 Å². The zero-order valence-electron chi connectivity index (χ0n) is 8.60. The first-order valence-electron chi connectivity index (χ1n) is 4.14. The average Bonchev–Trinajstić information content (AvgIpc) is 1.85. The molecule has 0 spiro atoms. The zero-order chi connectivity index (χ0) is 9.83. The monoisotopic (exact) mass is 202 g/mol. The molecule has 0 aliphatic rings. The van der Waals surface area contributed by atoms with Gasteiger partial charge in [-0.1, -0.05) is 33.9 Å². The highest BCUT2D eigenvalue weighted by Gasteiger charge is 2.36. The minimum absolute atomic E-state index is 0.255. The van der Waals surface area contributed by atoms with Crippen molar-refractivity contribution in [2.75, 3.05) is 6.61 Å². The van der Waals surface area contributed by atoms with Gasteiger partial charge in [0.2, 0.25) is 9.28 Å². The maximum absolute atomic E-state index is 10.0. The predicted octanol–water partition coefficient (Wildman–Crippen LogP) is 1.83. The van der Waals surface area contributed by atoms with E-state index >= 15 is 0 Å². The van der Waals surface area contributed by atoms with E-state index in [0.717, 1.165) is 6.29 Å². The van der Waals surface area contributed by atoms with E-state index in [2.05, 4.69) is 33.9 Å². The molecule has 0 aromatic heterocycles. The standard InChI is InChI=1S/C8H18O2Si2/c1-8(2,3)12(4,5)11-10-7-6-9/h6H,7H2,1-5H3. The topological polar surface area (TPSA) is 26.3 Å². The van der Waals surface area contributed by atoms with Crippen LogP contribution in [0.15, 0.2) is 0 Å². The Balaban J connectivity index is 3.95. The Bertz CT molecular complexity index is 150. The van der Waals surface area contributed by atoms with Crippen LogP contribution in [0.2, 0.25) is 18.1 Å². The first-order chi connectivity index (χ1) is 5.31. The van der Waals surface area contributed by atoms with Crippen molar-refractivity contribution < 1.29 is 9.22 Å². The summed E-state index contributed by atoms with van der Waals surface area (Å²) in [7, 11) is -0.771. The molecule has 0 rings (SSSR count). The van der Waals surface area contributed by atoms with Crippen molar-refractivity contribution in [2.24, 2.45) is 0 Å². The Morgan fingerprint density at radius 3 is 2.25 bits per heavy atom. The molecule has 0 atom stereocenters. The van der Waals surface area contributed by atoms with Gasteiger partial charge in [-0.3, -0.25) is 0 Å². The molecule has 0 aromatic rings. The lowest BCUT2D eigenvalue weighted by Gasteiger charge is -2.35. The molecule has 0 unspecified atom stereocenters. The van der Waals surface area contributed by atoms with Crippen LogP contribution in [0.4, 0.5) is 0 Å². The number of carbonyl (C=O) groups is 1. The van der Waals surface area contributed by atoms with Crippen LogP contribution in [0, 0.1) is 0 Å². The number of hydrogen-bond acceptors (Lipinski definition) is 2. The fraction of sp³-hybridized carbons (Fsp3) is 0.875. The summed E-state index contributed by atoms with van der Waals surface area (Å²) in [6, 6.07) is 0. The maximum Gasteiger partial charge on any atom is 0.213 e. The van der Waals surface area contributed by atoms with E-state index in [0.29, 0.717) is 14.3 Å². The largest absolute Gasteiger partial charge is 0.414 e. The molecule has 4 heteroatoms. The summed E-state index contributed by atoms with van der Waals surface area (Å²) in [5.74, 6) is 0. The van der Waals surface area contributed by atoms with Crippen LogP contribution in [0.5, 0.6) is 0 Å². The molecule has 0 amide bonds. The highest BCUT2D eigenvalue weighted by molar-refractivity contribution is 7.22. The number of aldehydes is 1. The lowest BCUT2D eigenvalue weighted by atomic mass is 10.2. The van der Waals surface area contributed by atoms with Crippen molar-refractivity contribution in [3.05, 3.63) is 0 Å². The summed E-state index contributed by atoms with van der Waals surface area (Å²) in [5.41, 5.74) is 0. The van der Waals surface area contributed by atoms with E-state index in [-0.39, 0.29) is 6.61 Å². The van der Waals surface area contributed by atoms with Gasteiger partial charge in [-0.15, -0.1) is 0 Å². The summed E-state index contributed by atoms with van der Waals surface area (Å²) in [4.78, 5) is 10.0. The average molecular weight is 202 g/mol. The van der Waals surface area contributed by atoms with Crippen LogP contribution in [0.3, 0.4) is 0 Å². The fourth-order valence-electron chi connectivity index (χ4n) is 0.409. The van der Waals surface area contributed by atoms with E-state index in [1.165, 1.54) is 0 Å². The van der Waals surface area contributed by atoms with Gasteiger partial charge < -0.3 is 9.22 Å². The number of carbonyl (C=O) groups excluding carboxylic acids is 1. The van der Waals surface area contributed by atoms with Crippen LogP contribution in [-0.2, 0) is 9.22 Å². The molecule has 2 nitrogen and oxygen atoms in total. The van der Waals surface area contributed by atoms with Gasteiger partial charge in [-0.2, -0.15) is 0 Å². The lowest BCUT2D eigenvalue weighted by molar-refractivity contribution is -0.109. The van der Waals surface area contributed by atoms with Crippen molar-refractivity contribution in [1.82, 2.24) is 0 Å². The van der Waals surface area contributed by atoms with Gasteiger partial charge in [0.1, 0.15) is 6.29 Å². The summed E-state index contributed by atoms with van der Waals surface area (Å²) in [5, 5.41) is 0.355. The Kier molecular flexibility index (Phi) is 4.37.